The molecule has 0 aromatic carbocycles. The van der Waals surface area contributed by atoms with Crippen molar-refractivity contribution in [3.63, 3.8) is 0 Å². The van der Waals surface area contributed by atoms with Gasteiger partial charge in [-0.15, -0.1) is 0 Å². The Labute approximate surface area is 119 Å². The fraction of sp³-hybridized carbons (Fsp3) is 1.00. The minimum atomic E-state index is -0.165. The van der Waals surface area contributed by atoms with Crippen LogP contribution in [-0.2, 0) is 14.2 Å². The normalized spacial score (nSPS) is 14.2. The lowest BCUT2D eigenvalue weighted by molar-refractivity contribution is -0.171. The molecule has 0 aliphatic rings. The van der Waals surface area contributed by atoms with Gasteiger partial charge in [0, 0.05) is 0 Å². The topological polar surface area (TPSA) is 30.9 Å². The predicted molar refractivity (Wildman–Crippen MR) is 79.0 cm³/mol. The van der Waals surface area contributed by atoms with Crippen LogP contribution in [0.5, 0.6) is 0 Å². The fourth-order valence-electron chi connectivity index (χ4n) is 0.967. The first-order valence-corrected chi connectivity index (χ1v) is 6.93. The molecule has 0 aromatic heterocycles. The van der Waals surface area contributed by atoms with E-state index in [0.717, 1.165) is 0 Å². The Bertz CT molecular complexity index is 203. The number of nitrogens with zero attached hydrogens (tertiary/aromatic N) is 1. The van der Waals surface area contributed by atoms with Gasteiger partial charge in [-0.2, -0.15) is 0 Å². The van der Waals surface area contributed by atoms with Gasteiger partial charge in [0.05, 0.1) is 16.8 Å². The van der Waals surface area contributed by atoms with E-state index in [1.54, 1.807) is 0 Å². The Hall–Kier alpha value is -0.160. The number of ether oxygens (including phenoxy) is 3. The number of rotatable bonds is 6. The Morgan fingerprint density at radius 1 is 0.526 bits per heavy atom. The second-order valence-electron chi connectivity index (χ2n) is 7.83. The highest BCUT2D eigenvalue weighted by Gasteiger charge is 2.19. The molecule has 0 saturated carbocycles. The molecule has 4 nitrogen and oxygen atoms in total. The van der Waals surface area contributed by atoms with E-state index in [-0.39, 0.29) is 16.8 Å². The molecule has 4 heteroatoms. The lowest BCUT2D eigenvalue weighted by Gasteiger charge is -2.32. The zero-order valence-electron chi connectivity index (χ0n) is 14.3. The molecule has 0 radical (unpaired) electrons. The van der Waals surface area contributed by atoms with Gasteiger partial charge in [0.15, 0.2) is 0 Å². The van der Waals surface area contributed by atoms with Crippen molar-refractivity contribution in [3.05, 3.63) is 0 Å². The van der Waals surface area contributed by atoms with Crippen molar-refractivity contribution >= 4 is 0 Å². The highest BCUT2D eigenvalue weighted by Crippen LogP contribution is 2.13. The van der Waals surface area contributed by atoms with Gasteiger partial charge in [-0.05, 0) is 62.3 Å². The van der Waals surface area contributed by atoms with Gasteiger partial charge >= 0.3 is 0 Å². The molecule has 0 aliphatic carbocycles. The summed E-state index contributed by atoms with van der Waals surface area (Å²) in [5, 5.41) is 0. The average Bonchev–Trinajstić information content (AvgIpc) is 2.11. The van der Waals surface area contributed by atoms with Gasteiger partial charge in [0.2, 0.25) is 0 Å². The molecule has 0 aliphatic heterocycles. The van der Waals surface area contributed by atoms with Crippen molar-refractivity contribution in [2.75, 3.05) is 20.2 Å². The molecule has 0 spiro atoms. The number of hydrogen-bond donors (Lipinski definition) is 0. The largest absolute Gasteiger partial charge is 0.360 e. The summed E-state index contributed by atoms with van der Waals surface area (Å²) in [5.41, 5.74) is -0.495. The van der Waals surface area contributed by atoms with E-state index in [1.165, 1.54) is 0 Å². The van der Waals surface area contributed by atoms with E-state index in [1.807, 2.05) is 67.2 Å². The smallest absolute Gasteiger partial charge is 0.103 e. The molecule has 116 valence electrons. The Morgan fingerprint density at radius 2 is 0.737 bits per heavy atom. The van der Waals surface area contributed by atoms with E-state index < -0.39 is 0 Å². The molecule has 0 saturated heterocycles. The average molecular weight is 275 g/mol. The van der Waals surface area contributed by atoms with Crippen LogP contribution in [0.1, 0.15) is 62.3 Å². The lowest BCUT2D eigenvalue weighted by Crippen LogP contribution is -2.39. The van der Waals surface area contributed by atoms with Gasteiger partial charge in [0.1, 0.15) is 20.2 Å². The van der Waals surface area contributed by atoms with Crippen LogP contribution >= 0.6 is 0 Å². The van der Waals surface area contributed by atoms with Crippen molar-refractivity contribution in [1.82, 2.24) is 4.90 Å². The second kappa shape index (κ2) is 7.02. The Morgan fingerprint density at radius 3 is 0.895 bits per heavy atom. The Kier molecular flexibility index (Phi) is 6.96. The summed E-state index contributed by atoms with van der Waals surface area (Å²) < 4.78 is 17.4. The predicted octanol–water partition coefficient (Wildman–Crippen LogP) is 3.61. The summed E-state index contributed by atoms with van der Waals surface area (Å²) >= 11 is 0. The zero-order valence-corrected chi connectivity index (χ0v) is 14.3. The molecule has 0 aromatic rings. The summed E-state index contributed by atoms with van der Waals surface area (Å²) in [5.74, 6) is 0. The van der Waals surface area contributed by atoms with Crippen LogP contribution in [-0.4, -0.2) is 41.9 Å². The van der Waals surface area contributed by atoms with E-state index in [2.05, 4.69) is 0 Å². The maximum Gasteiger partial charge on any atom is 0.103 e. The molecule has 0 bridgehead atoms. The van der Waals surface area contributed by atoms with Crippen LogP contribution in [0.4, 0.5) is 0 Å². The van der Waals surface area contributed by atoms with Crippen molar-refractivity contribution in [1.29, 1.82) is 0 Å². The quantitative estimate of drug-likeness (QED) is 0.693. The maximum atomic E-state index is 5.79. The zero-order chi connectivity index (χ0) is 15.3. The highest BCUT2D eigenvalue weighted by molar-refractivity contribution is 4.62. The van der Waals surface area contributed by atoms with E-state index >= 15 is 0 Å². The summed E-state index contributed by atoms with van der Waals surface area (Å²) in [4.78, 5) is 2.02. The molecule has 0 heterocycles. The third-order valence-electron chi connectivity index (χ3n) is 2.04. The van der Waals surface area contributed by atoms with Gasteiger partial charge < -0.3 is 14.2 Å². The molecule has 0 atom stereocenters. The van der Waals surface area contributed by atoms with E-state index in [4.69, 9.17) is 14.2 Å². The van der Waals surface area contributed by atoms with Crippen molar-refractivity contribution in [2.45, 2.75) is 79.1 Å². The summed E-state index contributed by atoms with van der Waals surface area (Å²) in [7, 11) is 0. The molecular formula is C15H33NO3. The van der Waals surface area contributed by atoms with Crippen LogP contribution in [0.15, 0.2) is 0 Å². The first-order valence-electron chi connectivity index (χ1n) is 6.93. The van der Waals surface area contributed by atoms with Crippen molar-refractivity contribution in [3.8, 4) is 0 Å². The third kappa shape index (κ3) is 14.1. The van der Waals surface area contributed by atoms with Crippen LogP contribution in [0.3, 0.4) is 0 Å². The van der Waals surface area contributed by atoms with Crippen LogP contribution < -0.4 is 0 Å². The molecule has 0 unspecified atom stereocenters. The van der Waals surface area contributed by atoms with Crippen molar-refractivity contribution < 1.29 is 14.2 Å². The molecular weight excluding hydrogens is 242 g/mol. The van der Waals surface area contributed by atoms with Gasteiger partial charge in [0.25, 0.3) is 0 Å². The first kappa shape index (κ1) is 18.8. The molecule has 0 fully saturated rings. The van der Waals surface area contributed by atoms with Gasteiger partial charge in [-0.3, -0.25) is 0 Å². The maximum absolute atomic E-state index is 5.79. The highest BCUT2D eigenvalue weighted by atomic mass is 16.6. The van der Waals surface area contributed by atoms with Gasteiger partial charge in [-0.1, -0.05) is 0 Å². The Balaban J connectivity index is 4.30. The van der Waals surface area contributed by atoms with Crippen LogP contribution in [0, 0.1) is 0 Å². The second-order valence-corrected chi connectivity index (χ2v) is 7.83. The minimum Gasteiger partial charge on any atom is -0.360 e. The first-order chi connectivity index (χ1) is 8.29. The van der Waals surface area contributed by atoms with E-state index in [0.29, 0.717) is 20.2 Å². The fourth-order valence-corrected chi connectivity index (χ4v) is 0.967. The summed E-state index contributed by atoms with van der Waals surface area (Å²) in [6.07, 6.45) is 0. The molecule has 19 heavy (non-hydrogen) atoms. The number of hydrogen-bond acceptors (Lipinski definition) is 4. The summed E-state index contributed by atoms with van der Waals surface area (Å²) in [6.45, 7) is 19.9. The van der Waals surface area contributed by atoms with Crippen LogP contribution in [0.25, 0.3) is 0 Å². The molecule has 0 amide bonds. The van der Waals surface area contributed by atoms with Crippen molar-refractivity contribution in [2.24, 2.45) is 0 Å². The standard InChI is InChI=1S/C15H33NO3/c1-13(2,3)17-10-16(11-18-14(4,5)6)12-19-15(7,8)9/h10-12H2,1-9H3. The molecule has 0 N–H and O–H groups in total. The third-order valence-corrected chi connectivity index (χ3v) is 2.04. The monoisotopic (exact) mass is 275 g/mol. The van der Waals surface area contributed by atoms with Crippen LogP contribution in [0.2, 0.25) is 0 Å². The molecule has 0 rings (SSSR count). The van der Waals surface area contributed by atoms with E-state index in [9.17, 15) is 0 Å². The SMILES string of the molecule is CC(C)(C)OCN(COC(C)(C)C)COC(C)(C)C. The summed E-state index contributed by atoms with van der Waals surface area (Å²) in [6, 6.07) is 0. The van der Waals surface area contributed by atoms with Gasteiger partial charge in [-0.25, -0.2) is 4.90 Å². The lowest BCUT2D eigenvalue weighted by atomic mass is 10.2. The minimum absolute atomic E-state index is 0.165.